The number of aromatic nitrogens is 1. The van der Waals surface area contributed by atoms with Gasteiger partial charge in [-0.3, -0.25) is 14.6 Å². The number of ether oxygens (including phenoxy) is 2. The summed E-state index contributed by atoms with van der Waals surface area (Å²) in [7, 11) is 4.57. The molecule has 0 radical (unpaired) electrons. The Morgan fingerprint density at radius 3 is 2.58 bits per heavy atom. The first-order valence-electron chi connectivity index (χ1n) is 7.30. The maximum absolute atomic E-state index is 12.4. The topological polar surface area (TPSA) is 81.9 Å². The summed E-state index contributed by atoms with van der Waals surface area (Å²) in [4.78, 5) is 30.0. The minimum absolute atomic E-state index is 0.0509. The Morgan fingerprint density at radius 1 is 1.29 bits per heavy atom. The van der Waals surface area contributed by atoms with E-state index in [1.54, 1.807) is 20.4 Å². The lowest BCUT2D eigenvalue weighted by Crippen LogP contribution is -2.28. The number of methoxy groups -OCH3 is 2. The molecule has 0 fully saturated rings. The summed E-state index contributed by atoms with van der Waals surface area (Å²) in [6.07, 6.45) is 2.83. The third-order valence-electron chi connectivity index (χ3n) is 3.71. The molecular weight excluding hydrogens is 312 g/mol. The molecule has 0 spiro atoms. The van der Waals surface area contributed by atoms with Gasteiger partial charge < -0.3 is 18.8 Å². The van der Waals surface area contributed by atoms with E-state index in [2.05, 4.69) is 4.98 Å². The maximum atomic E-state index is 12.4. The zero-order valence-corrected chi connectivity index (χ0v) is 14.4. The summed E-state index contributed by atoms with van der Waals surface area (Å²) in [5.41, 5.74) is 2.10. The predicted molar refractivity (Wildman–Crippen MR) is 87.6 cm³/mol. The lowest BCUT2D eigenvalue weighted by atomic mass is 10.1. The summed E-state index contributed by atoms with van der Waals surface area (Å²) in [5, 5.41) is 0. The third-order valence-corrected chi connectivity index (χ3v) is 3.71. The molecule has 2 aromatic rings. The Kier molecular flexibility index (Phi) is 5.23. The highest BCUT2D eigenvalue weighted by Crippen LogP contribution is 2.24. The van der Waals surface area contributed by atoms with Crippen molar-refractivity contribution in [1.82, 2.24) is 9.88 Å². The van der Waals surface area contributed by atoms with E-state index in [0.29, 0.717) is 5.69 Å². The van der Waals surface area contributed by atoms with Gasteiger partial charge in [0.2, 0.25) is 11.2 Å². The molecule has 0 unspecified atom stereocenters. The first kappa shape index (κ1) is 17.5. The summed E-state index contributed by atoms with van der Waals surface area (Å²) in [6, 6.07) is 1.12. The molecule has 7 nitrogen and oxygen atoms in total. The molecule has 2 rings (SSSR count). The molecule has 7 heteroatoms. The van der Waals surface area contributed by atoms with E-state index < -0.39 is 11.3 Å². The molecule has 0 aromatic carbocycles. The maximum Gasteiger partial charge on any atom is 0.289 e. The van der Waals surface area contributed by atoms with Crippen molar-refractivity contribution in [2.24, 2.45) is 0 Å². The fourth-order valence-corrected chi connectivity index (χ4v) is 2.38. The van der Waals surface area contributed by atoms with Crippen molar-refractivity contribution in [3.63, 3.8) is 0 Å². The van der Waals surface area contributed by atoms with Crippen LogP contribution in [0.1, 0.15) is 27.4 Å². The molecule has 0 N–H and O–H groups in total. The standard InChI is InChI=1S/C17H20N2O5/c1-10-7-18-12(11(2)16(10)23-5)8-19(3)17(21)14-6-13(20)15(22-4)9-24-14/h6-7,9H,8H2,1-5H3. The van der Waals surface area contributed by atoms with Crippen molar-refractivity contribution in [3.8, 4) is 11.5 Å². The number of aryl methyl sites for hydroxylation is 1. The molecule has 1 amide bonds. The van der Waals surface area contributed by atoms with Crippen LogP contribution in [0.3, 0.4) is 0 Å². The summed E-state index contributed by atoms with van der Waals surface area (Å²) in [5.74, 6) is 0.322. The Bertz CT molecular complexity index is 813. The molecule has 0 saturated heterocycles. The molecule has 0 bridgehead atoms. The number of pyridine rings is 1. The van der Waals surface area contributed by atoms with Crippen molar-refractivity contribution >= 4 is 5.91 Å². The van der Waals surface area contributed by atoms with Crippen LogP contribution in [0.4, 0.5) is 0 Å². The molecule has 0 atom stereocenters. The average Bonchev–Trinajstić information content (AvgIpc) is 2.57. The van der Waals surface area contributed by atoms with Crippen LogP contribution < -0.4 is 14.9 Å². The van der Waals surface area contributed by atoms with E-state index in [0.717, 1.165) is 29.2 Å². The highest BCUT2D eigenvalue weighted by molar-refractivity contribution is 5.91. The van der Waals surface area contributed by atoms with Crippen LogP contribution >= 0.6 is 0 Å². The quantitative estimate of drug-likeness (QED) is 0.832. The first-order valence-corrected chi connectivity index (χ1v) is 7.30. The van der Waals surface area contributed by atoms with Crippen LogP contribution in [-0.2, 0) is 6.54 Å². The van der Waals surface area contributed by atoms with Crippen molar-refractivity contribution in [2.75, 3.05) is 21.3 Å². The Labute approximate surface area is 139 Å². The zero-order chi connectivity index (χ0) is 17.9. The number of carbonyl (C=O) groups is 1. The lowest BCUT2D eigenvalue weighted by Gasteiger charge is -2.19. The van der Waals surface area contributed by atoms with Gasteiger partial charge in [0.1, 0.15) is 12.0 Å². The van der Waals surface area contributed by atoms with Gasteiger partial charge >= 0.3 is 0 Å². The predicted octanol–water partition coefficient (Wildman–Crippen LogP) is 1.94. The SMILES string of the molecule is COc1c(C)cnc(CN(C)C(=O)c2cc(=O)c(OC)co2)c1C. The van der Waals surface area contributed by atoms with E-state index in [1.807, 2.05) is 13.8 Å². The van der Waals surface area contributed by atoms with Gasteiger partial charge in [-0.25, -0.2) is 0 Å². The summed E-state index contributed by atoms with van der Waals surface area (Å²) in [6.45, 7) is 4.06. The average molecular weight is 332 g/mol. The smallest absolute Gasteiger partial charge is 0.289 e. The fraction of sp³-hybridized carbons (Fsp3) is 0.353. The first-order chi connectivity index (χ1) is 11.4. The van der Waals surface area contributed by atoms with E-state index in [-0.39, 0.29) is 18.1 Å². The molecule has 2 aromatic heterocycles. The van der Waals surface area contributed by atoms with Crippen LogP contribution in [0.2, 0.25) is 0 Å². The van der Waals surface area contributed by atoms with Crippen molar-refractivity contribution < 1.29 is 18.7 Å². The fourth-order valence-electron chi connectivity index (χ4n) is 2.38. The van der Waals surface area contributed by atoms with E-state index in [1.165, 1.54) is 12.0 Å². The van der Waals surface area contributed by atoms with Crippen LogP contribution in [0, 0.1) is 13.8 Å². The molecule has 24 heavy (non-hydrogen) atoms. The van der Waals surface area contributed by atoms with E-state index in [9.17, 15) is 9.59 Å². The van der Waals surface area contributed by atoms with Gasteiger partial charge in [-0.05, 0) is 13.8 Å². The third kappa shape index (κ3) is 3.40. The minimum atomic E-state index is -0.421. The van der Waals surface area contributed by atoms with Gasteiger partial charge in [0.15, 0.2) is 5.76 Å². The normalized spacial score (nSPS) is 10.4. The van der Waals surface area contributed by atoms with E-state index in [4.69, 9.17) is 13.9 Å². The number of nitrogens with zero attached hydrogens (tertiary/aromatic N) is 2. The Balaban J connectivity index is 2.24. The molecule has 2 heterocycles. The van der Waals surface area contributed by atoms with Gasteiger partial charge in [0.05, 0.1) is 26.5 Å². The van der Waals surface area contributed by atoms with Crippen LogP contribution in [0.5, 0.6) is 11.5 Å². The molecule has 0 saturated carbocycles. The number of hydrogen-bond donors (Lipinski definition) is 0. The van der Waals surface area contributed by atoms with Gasteiger partial charge in [0, 0.05) is 30.4 Å². The largest absolute Gasteiger partial charge is 0.496 e. The van der Waals surface area contributed by atoms with Crippen LogP contribution in [0.25, 0.3) is 0 Å². The Morgan fingerprint density at radius 2 is 2.00 bits per heavy atom. The number of amides is 1. The molecule has 0 aliphatic rings. The van der Waals surface area contributed by atoms with Crippen molar-refractivity contribution in [3.05, 3.63) is 51.3 Å². The second-order valence-electron chi connectivity index (χ2n) is 5.38. The number of rotatable bonds is 5. The molecule has 128 valence electrons. The highest BCUT2D eigenvalue weighted by atomic mass is 16.5. The van der Waals surface area contributed by atoms with E-state index >= 15 is 0 Å². The minimum Gasteiger partial charge on any atom is -0.496 e. The second-order valence-corrected chi connectivity index (χ2v) is 5.38. The zero-order valence-electron chi connectivity index (χ0n) is 14.4. The van der Waals surface area contributed by atoms with Gasteiger partial charge in [-0.1, -0.05) is 0 Å². The van der Waals surface area contributed by atoms with Crippen molar-refractivity contribution in [2.45, 2.75) is 20.4 Å². The molecule has 0 aliphatic heterocycles. The van der Waals surface area contributed by atoms with Gasteiger partial charge in [-0.2, -0.15) is 0 Å². The number of hydrogen-bond acceptors (Lipinski definition) is 6. The van der Waals surface area contributed by atoms with Gasteiger partial charge in [0.25, 0.3) is 5.91 Å². The monoisotopic (exact) mass is 332 g/mol. The summed E-state index contributed by atoms with van der Waals surface area (Å²) < 4.78 is 15.4. The molecule has 0 aliphatic carbocycles. The van der Waals surface area contributed by atoms with Crippen molar-refractivity contribution in [1.29, 1.82) is 0 Å². The van der Waals surface area contributed by atoms with Crippen LogP contribution in [-0.4, -0.2) is 37.1 Å². The lowest BCUT2D eigenvalue weighted by molar-refractivity contribution is 0.0748. The summed E-state index contributed by atoms with van der Waals surface area (Å²) >= 11 is 0. The highest BCUT2D eigenvalue weighted by Gasteiger charge is 2.19. The second kappa shape index (κ2) is 7.16. The Hall–Kier alpha value is -2.83. The van der Waals surface area contributed by atoms with Gasteiger partial charge in [-0.15, -0.1) is 0 Å². The number of carbonyl (C=O) groups excluding carboxylic acids is 1. The van der Waals surface area contributed by atoms with Crippen LogP contribution in [0.15, 0.2) is 27.7 Å². The molecular formula is C17H20N2O5.